The number of rotatable bonds is 8. The van der Waals surface area contributed by atoms with Crippen molar-refractivity contribution in [1.29, 1.82) is 0 Å². The molecule has 0 saturated heterocycles. The van der Waals surface area contributed by atoms with Crippen LogP contribution in [0.2, 0.25) is 0 Å². The average molecular weight is 411 g/mol. The number of aryl methyl sites for hydroxylation is 2. The third-order valence-corrected chi connectivity index (χ3v) is 4.82. The maximum atomic E-state index is 12.5. The molecule has 1 amide bonds. The van der Waals surface area contributed by atoms with E-state index in [1.54, 1.807) is 12.1 Å². The lowest BCUT2D eigenvalue weighted by Gasteiger charge is -2.17. The first-order valence-corrected chi connectivity index (χ1v) is 9.72. The van der Waals surface area contributed by atoms with Gasteiger partial charge in [-0.1, -0.05) is 48.0 Å². The average Bonchev–Trinajstić information content (AvgIpc) is 2.72. The molecule has 0 bridgehead atoms. The second kappa shape index (κ2) is 9.98. The predicted octanol–water partition coefficient (Wildman–Crippen LogP) is 4.20. The number of nitrogens with one attached hydrogen (secondary N) is 1. The lowest BCUT2D eigenvalue weighted by Crippen LogP contribution is -2.87. The standard InChI is InChI=1S/C24H24F2N2O2/c1-16-8-13-21(17(2)14-16)28-22(29)15-27-23(18-6-4-3-5-7-18)19-9-11-20(12-10-19)30-24(25)26/h3-14,23-24,27H,15H2,1-2H3,(H,28,29)/p+1/t23-/m1/s1. The SMILES string of the molecule is Cc1ccc(NC(=O)C[NH2+][C@H](c2ccccc2)c2ccc(OC(F)F)cc2)c(C)c1. The highest BCUT2D eigenvalue weighted by molar-refractivity contribution is 5.92. The number of amides is 1. The molecule has 4 nitrogen and oxygen atoms in total. The molecule has 0 aliphatic carbocycles. The Morgan fingerprint density at radius 3 is 2.27 bits per heavy atom. The smallest absolute Gasteiger partial charge is 0.387 e. The first-order valence-electron chi connectivity index (χ1n) is 9.72. The van der Waals surface area contributed by atoms with E-state index in [0.717, 1.165) is 27.9 Å². The van der Waals surface area contributed by atoms with Crippen LogP contribution in [0.15, 0.2) is 72.8 Å². The molecule has 0 aliphatic rings. The molecule has 0 aromatic heterocycles. The van der Waals surface area contributed by atoms with Gasteiger partial charge in [0.15, 0.2) is 6.54 Å². The molecule has 0 spiro atoms. The number of quaternary nitrogens is 1. The Balaban J connectivity index is 1.72. The van der Waals surface area contributed by atoms with Crippen LogP contribution in [0, 0.1) is 13.8 Å². The molecule has 3 rings (SSSR count). The van der Waals surface area contributed by atoms with Crippen LogP contribution in [0.3, 0.4) is 0 Å². The molecule has 0 fully saturated rings. The Morgan fingerprint density at radius 1 is 0.967 bits per heavy atom. The van der Waals surface area contributed by atoms with Crippen LogP contribution in [0.5, 0.6) is 5.75 Å². The summed E-state index contributed by atoms with van der Waals surface area (Å²) in [5.41, 5.74) is 4.85. The molecule has 3 N–H and O–H groups in total. The minimum absolute atomic E-state index is 0.105. The highest BCUT2D eigenvalue weighted by Crippen LogP contribution is 2.22. The molecule has 0 radical (unpaired) electrons. The lowest BCUT2D eigenvalue weighted by molar-refractivity contribution is -0.676. The summed E-state index contributed by atoms with van der Waals surface area (Å²) >= 11 is 0. The van der Waals surface area contributed by atoms with E-state index in [1.807, 2.05) is 67.7 Å². The molecular weight excluding hydrogens is 386 g/mol. The Bertz CT molecular complexity index is 976. The summed E-state index contributed by atoms with van der Waals surface area (Å²) in [7, 11) is 0. The van der Waals surface area contributed by atoms with E-state index in [-0.39, 0.29) is 24.2 Å². The van der Waals surface area contributed by atoms with Gasteiger partial charge in [0.1, 0.15) is 11.8 Å². The number of carbonyl (C=O) groups is 1. The Labute approximate surface area is 174 Å². The Kier molecular flexibility index (Phi) is 7.14. The van der Waals surface area contributed by atoms with Crippen molar-refractivity contribution < 1.29 is 23.6 Å². The number of ether oxygens (including phenoxy) is 1. The van der Waals surface area contributed by atoms with Crippen molar-refractivity contribution in [2.24, 2.45) is 0 Å². The Hall–Kier alpha value is -3.25. The van der Waals surface area contributed by atoms with Gasteiger partial charge in [0.2, 0.25) is 0 Å². The molecule has 3 aromatic rings. The zero-order valence-electron chi connectivity index (χ0n) is 16.9. The van der Waals surface area contributed by atoms with E-state index >= 15 is 0 Å². The largest absolute Gasteiger partial charge is 0.435 e. The zero-order chi connectivity index (χ0) is 21.5. The number of alkyl halides is 2. The molecular formula is C24H25F2N2O2+. The molecule has 1 atom stereocenters. The number of hydrogen-bond acceptors (Lipinski definition) is 2. The van der Waals surface area contributed by atoms with E-state index in [9.17, 15) is 13.6 Å². The summed E-state index contributed by atoms with van der Waals surface area (Å²) in [6.45, 7) is 1.32. The van der Waals surface area contributed by atoms with E-state index in [4.69, 9.17) is 0 Å². The molecule has 30 heavy (non-hydrogen) atoms. The van der Waals surface area contributed by atoms with Crippen LogP contribution in [-0.2, 0) is 4.79 Å². The van der Waals surface area contributed by atoms with Crippen LogP contribution < -0.4 is 15.4 Å². The molecule has 3 aromatic carbocycles. The minimum atomic E-state index is -2.86. The molecule has 0 aliphatic heterocycles. The van der Waals surface area contributed by atoms with E-state index in [0.29, 0.717) is 0 Å². The molecule has 156 valence electrons. The topological polar surface area (TPSA) is 54.9 Å². The van der Waals surface area contributed by atoms with E-state index in [2.05, 4.69) is 10.1 Å². The van der Waals surface area contributed by atoms with Gasteiger partial charge in [0.05, 0.1) is 0 Å². The lowest BCUT2D eigenvalue weighted by atomic mass is 9.98. The van der Waals surface area contributed by atoms with Gasteiger partial charge >= 0.3 is 6.61 Å². The van der Waals surface area contributed by atoms with Crippen molar-refractivity contribution in [3.63, 3.8) is 0 Å². The monoisotopic (exact) mass is 411 g/mol. The van der Waals surface area contributed by atoms with Gasteiger partial charge in [-0.2, -0.15) is 8.78 Å². The summed E-state index contributed by atoms with van der Waals surface area (Å²) in [5.74, 6) is -0.00584. The fourth-order valence-corrected chi connectivity index (χ4v) is 3.36. The highest BCUT2D eigenvalue weighted by atomic mass is 19.3. The second-order valence-electron chi connectivity index (χ2n) is 7.14. The van der Waals surface area contributed by atoms with Gasteiger partial charge in [0, 0.05) is 16.8 Å². The highest BCUT2D eigenvalue weighted by Gasteiger charge is 2.19. The molecule has 0 heterocycles. The van der Waals surface area contributed by atoms with Crippen molar-refractivity contribution in [2.75, 3.05) is 11.9 Å². The van der Waals surface area contributed by atoms with Gasteiger partial charge < -0.3 is 15.4 Å². The van der Waals surface area contributed by atoms with Gasteiger partial charge in [-0.15, -0.1) is 0 Å². The fraction of sp³-hybridized carbons (Fsp3) is 0.208. The molecule has 0 unspecified atom stereocenters. The van der Waals surface area contributed by atoms with Crippen LogP contribution in [0.4, 0.5) is 14.5 Å². The maximum Gasteiger partial charge on any atom is 0.387 e. The number of benzene rings is 3. The number of nitrogens with two attached hydrogens (primary N) is 1. The van der Waals surface area contributed by atoms with Gasteiger partial charge in [0.25, 0.3) is 5.91 Å². The van der Waals surface area contributed by atoms with Crippen molar-refractivity contribution in [3.05, 3.63) is 95.1 Å². The first kappa shape index (κ1) is 21.5. The quantitative estimate of drug-likeness (QED) is 0.584. The zero-order valence-corrected chi connectivity index (χ0v) is 16.9. The first-order chi connectivity index (χ1) is 14.4. The van der Waals surface area contributed by atoms with Crippen molar-refractivity contribution in [2.45, 2.75) is 26.5 Å². The summed E-state index contributed by atoms with van der Waals surface area (Å²) in [6, 6.07) is 22.0. The van der Waals surface area contributed by atoms with Crippen molar-refractivity contribution in [3.8, 4) is 5.75 Å². The number of carbonyl (C=O) groups excluding carboxylic acids is 1. The Morgan fingerprint density at radius 2 is 1.63 bits per heavy atom. The fourth-order valence-electron chi connectivity index (χ4n) is 3.36. The summed E-state index contributed by atoms with van der Waals surface area (Å²) in [5, 5.41) is 4.88. The van der Waals surface area contributed by atoms with Crippen LogP contribution in [-0.4, -0.2) is 19.1 Å². The maximum absolute atomic E-state index is 12.5. The van der Waals surface area contributed by atoms with E-state index < -0.39 is 6.61 Å². The third-order valence-electron chi connectivity index (χ3n) is 4.82. The predicted molar refractivity (Wildman–Crippen MR) is 113 cm³/mol. The minimum Gasteiger partial charge on any atom is -0.435 e. The number of anilines is 1. The number of hydrogen-bond donors (Lipinski definition) is 2. The summed E-state index contributed by atoms with van der Waals surface area (Å²) < 4.78 is 29.3. The van der Waals surface area contributed by atoms with Gasteiger partial charge in [-0.25, -0.2) is 0 Å². The van der Waals surface area contributed by atoms with Crippen molar-refractivity contribution in [1.82, 2.24) is 0 Å². The molecule has 0 saturated carbocycles. The third kappa shape index (κ3) is 5.87. The summed E-state index contributed by atoms with van der Waals surface area (Å²) in [6.07, 6.45) is 0. The number of halogens is 2. The van der Waals surface area contributed by atoms with Crippen LogP contribution in [0.1, 0.15) is 28.3 Å². The van der Waals surface area contributed by atoms with Crippen LogP contribution >= 0.6 is 0 Å². The van der Waals surface area contributed by atoms with Crippen LogP contribution in [0.25, 0.3) is 0 Å². The normalized spacial score (nSPS) is 11.9. The second-order valence-corrected chi connectivity index (χ2v) is 7.14. The van der Waals surface area contributed by atoms with Gasteiger partial charge in [-0.05, 0) is 49.7 Å². The van der Waals surface area contributed by atoms with Crippen molar-refractivity contribution >= 4 is 11.6 Å². The van der Waals surface area contributed by atoms with Gasteiger partial charge in [-0.3, -0.25) is 4.79 Å². The van der Waals surface area contributed by atoms with E-state index in [1.165, 1.54) is 12.1 Å². The molecule has 6 heteroatoms. The summed E-state index contributed by atoms with van der Waals surface area (Å²) in [4.78, 5) is 12.5.